The first-order chi connectivity index (χ1) is 11.7. The van der Waals surface area contributed by atoms with Crippen LogP contribution in [0.15, 0.2) is 10.7 Å². The van der Waals surface area contributed by atoms with Crippen molar-refractivity contribution in [1.29, 1.82) is 0 Å². The van der Waals surface area contributed by atoms with Gasteiger partial charge < -0.3 is 4.52 Å². The highest BCUT2D eigenvalue weighted by atomic mass is 32.1. The van der Waals surface area contributed by atoms with Crippen molar-refractivity contribution in [2.45, 2.75) is 57.7 Å². The van der Waals surface area contributed by atoms with E-state index in [1.807, 2.05) is 6.20 Å². The van der Waals surface area contributed by atoms with Gasteiger partial charge in [0.2, 0.25) is 5.89 Å². The molecule has 130 valence electrons. The van der Waals surface area contributed by atoms with Crippen molar-refractivity contribution in [3.8, 4) is 0 Å². The molecule has 0 bridgehead atoms. The lowest BCUT2D eigenvalue weighted by atomic mass is 10.0. The van der Waals surface area contributed by atoms with Crippen molar-refractivity contribution in [3.63, 3.8) is 0 Å². The summed E-state index contributed by atoms with van der Waals surface area (Å²) in [6.07, 6.45) is 6.90. The number of likely N-dealkylation sites (tertiary alicyclic amines) is 1. The molecule has 0 amide bonds. The zero-order valence-corrected chi connectivity index (χ0v) is 15.3. The predicted octanol–water partition coefficient (Wildman–Crippen LogP) is 2.81. The number of thiazole rings is 1. The molecular formula is C17H25N5OS. The van der Waals surface area contributed by atoms with Crippen molar-refractivity contribution in [1.82, 2.24) is 24.9 Å². The quantitative estimate of drug-likeness (QED) is 0.801. The van der Waals surface area contributed by atoms with Crippen molar-refractivity contribution in [2.75, 3.05) is 20.1 Å². The number of rotatable bonds is 6. The number of piperidine rings is 1. The van der Waals surface area contributed by atoms with Crippen molar-refractivity contribution >= 4 is 11.3 Å². The largest absolute Gasteiger partial charge is 0.339 e. The summed E-state index contributed by atoms with van der Waals surface area (Å²) in [6.45, 7) is 6.05. The second-order valence-electron chi connectivity index (χ2n) is 7.11. The smallest absolute Gasteiger partial charge is 0.229 e. The van der Waals surface area contributed by atoms with Gasteiger partial charge in [-0.25, -0.2) is 4.98 Å². The van der Waals surface area contributed by atoms with Crippen molar-refractivity contribution < 1.29 is 4.52 Å². The lowest BCUT2D eigenvalue weighted by Crippen LogP contribution is -2.45. The van der Waals surface area contributed by atoms with E-state index in [-0.39, 0.29) is 0 Å². The monoisotopic (exact) mass is 347 g/mol. The Balaban J connectivity index is 1.32. The molecule has 1 aliphatic carbocycles. The van der Waals surface area contributed by atoms with Crippen LogP contribution in [0.1, 0.15) is 53.2 Å². The van der Waals surface area contributed by atoms with E-state index < -0.39 is 0 Å². The van der Waals surface area contributed by atoms with E-state index in [0.29, 0.717) is 12.0 Å². The lowest BCUT2D eigenvalue weighted by molar-refractivity contribution is 0.105. The van der Waals surface area contributed by atoms with Crippen LogP contribution < -0.4 is 0 Å². The molecule has 0 N–H and O–H groups in total. The molecule has 2 aromatic heterocycles. The fourth-order valence-corrected chi connectivity index (χ4v) is 4.27. The maximum Gasteiger partial charge on any atom is 0.229 e. The Labute approximate surface area is 146 Å². The van der Waals surface area contributed by atoms with Gasteiger partial charge in [0.15, 0.2) is 5.82 Å². The Kier molecular flexibility index (Phi) is 4.65. The first kappa shape index (κ1) is 16.2. The van der Waals surface area contributed by atoms with Crippen molar-refractivity contribution in [2.24, 2.45) is 0 Å². The Morgan fingerprint density at radius 2 is 2.25 bits per heavy atom. The van der Waals surface area contributed by atoms with Crippen LogP contribution in [0.5, 0.6) is 0 Å². The van der Waals surface area contributed by atoms with Gasteiger partial charge in [-0.15, -0.1) is 11.3 Å². The molecule has 2 aromatic rings. The Morgan fingerprint density at radius 1 is 1.38 bits per heavy atom. The average molecular weight is 347 g/mol. The third kappa shape index (κ3) is 3.84. The molecule has 6 nitrogen and oxygen atoms in total. The standard InChI is InChI=1S/C17H25N5OS/c1-12-18-8-15(24-12)10-21(2)14-4-3-7-22(9-14)11-16-19-17(23-20-16)13-5-6-13/h8,13-14H,3-7,9-11H2,1-2H3. The molecule has 1 saturated heterocycles. The minimum Gasteiger partial charge on any atom is -0.339 e. The van der Waals surface area contributed by atoms with E-state index in [4.69, 9.17) is 4.52 Å². The van der Waals surface area contributed by atoms with Crippen LogP contribution in [0.3, 0.4) is 0 Å². The van der Waals surface area contributed by atoms with E-state index >= 15 is 0 Å². The molecule has 1 aliphatic heterocycles. The minimum atomic E-state index is 0.536. The summed E-state index contributed by atoms with van der Waals surface area (Å²) in [4.78, 5) is 15.2. The Morgan fingerprint density at radius 3 is 3.00 bits per heavy atom. The topological polar surface area (TPSA) is 58.3 Å². The van der Waals surface area contributed by atoms with Crippen LogP contribution >= 0.6 is 11.3 Å². The fraction of sp³-hybridized carbons (Fsp3) is 0.706. The molecule has 1 unspecified atom stereocenters. The SMILES string of the molecule is Cc1ncc(CN(C)C2CCCN(Cc3noc(C4CC4)n3)C2)s1. The normalized spacial score (nSPS) is 22.4. The first-order valence-electron chi connectivity index (χ1n) is 8.84. The highest BCUT2D eigenvalue weighted by molar-refractivity contribution is 7.11. The van der Waals surface area contributed by atoms with Crippen LogP contribution in [0, 0.1) is 6.92 Å². The third-order valence-corrected chi connectivity index (χ3v) is 5.85. The molecule has 0 aromatic carbocycles. The zero-order chi connectivity index (χ0) is 16.5. The van der Waals surface area contributed by atoms with Gasteiger partial charge in [-0.2, -0.15) is 4.98 Å². The molecule has 0 radical (unpaired) electrons. The van der Waals surface area contributed by atoms with Crippen LogP contribution in [-0.2, 0) is 13.1 Å². The van der Waals surface area contributed by atoms with Gasteiger partial charge >= 0.3 is 0 Å². The molecule has 7 heteroatoms. The van der Waals surface area contributed by atoms with Gasteiger partial charge in [0.1, 0.15) is 0 Å². The fourth-order valence-electron chi connectivity index (χ4n) is 3.42. The summed E-state index contributed by atoms with van der Waals surface area (Å²) in [7, 11) is 2.22. The number of likely N-dealkylation sites (N-methyl/N-ethyl adjacent to an activating group) is 1. The molecular weight excluding hydrogens is 322 g/mol. The van der Waals surface area contributed by atoms with E-state index in [9.17, 15) is 0 Å². The van der Waals surface area contributed by atoms with Crippen LogP contribution in [0.4, 0.5) is 0 Å². The second kappa shape index (κ2) is 6.90. The number of hydrogen-bond donors (Lipinski definition) is 0. The molecule has 2 aliphatic rings. The van der Waals surface area contributed by atoms with E-state index in [1.165, 1.54) is 30.6 Å². The summed E-state index contributed by atoms with van der Waals surface area (Å²) in [5, 5.41) is 5.31. The highest BCUT2D eigenvalue weighted by Gasteiger charge is 2.30. The third-order valence-electron chi connectivity index (χ3n) is 4.95. The van der Waals surface area contributed by atoms with Crippen molar-refractivity contribution in [3.05, 3.63) is 27.8 Å². The summed E-state index contributed by atoms with van der Waals surface area (Å²) in [5.41, 5.74) is 0. The van der Waals surface area contributed by atoms with E-state index in [0.717, 1.165) is 42.9 Å². The highest BCUT2D eigenvalue weighted by Crippen LogP contribution is 2.38. The molecule has 3 heterocycles. The summed E-state index contributed by atoms with van der Waals surface area (Å²) in [5.74, 6) is 2.23. The molecule has 4 rings (SSSR count). The van der Waals surface area contributed by atoms with Crippen LogP contribution in [0.25, 0.3) is 0 Å². The predicted molar refractivity (Wildman–Crippen MR) is 92.9 cm³/mol. The van der Waals surface area contributed by atoms with Crippen LogP contribution in [0.2, 0.25) is 0 Å². The second-order valence-corrected chi connectivity index (χ2v) is 8.43. The zero-order valence-electron chi connectivity index (χ0n) is 14.4. The van der Waals surface area contributed by atoms with E-state index in [2.05, 4.69) is 38.9 Å². The van der Waals surface area contributed by atoms with Gasteiger partial charge in [-0.3, -0.25) is 9.80 Å². The van der Waals surface area contributed by atoms with E-state index in [1.54, 1.807) is 11.3 Å². The lowest BCUT2D eigenvalue weighted by Gasteiger charge is -2.37. The van der Waals surface area contributed by atoms with Crippen LogP contribution in [-0.4, -0.2) is 51.1 Å². The minimum absolute atomic E-state index is 0.536. The number of aryl methyl sites for hydroxylation is 1. The maximum absolute atomic E-state index is 5.38. The Bertz CT molecular complexity index is 680. The molecule has 1 saturated carbocycles. The number of nitrogens with zero attached hydrogens (tertiary/aromatic N) is 5. The van der Waals surface area contributed by atoms with Gasteiger partial charge in [0, 0.05) is 36.1 Å². The average Bonchev–Trinajstić information content (AvgIpc) is 3.19. The Hall–Kier alpha value is -1.31. The van der Waals surface area contributed by atoms with Gasteiger partial charge in [-0.05, 0) is 46.2 Å². The molecule has 0 spiro atoms. The molecule has 2 fully saturated rings. The van der Waals surface area contributed by atoms with Gasteiger partial charge in [0.05, 0.1) is 11.6 Å². The first-order valence-corrected chi connectivity index (χ1v) is 9.65. The molecule has 1 atom stereocenters. The van der Waals surface area contributed by atoms with Gasteiger partial charge in [-0.1, -0.05) is 5.16 Å². The van der Waals surface area contributed by atoms with Gasteiger partial charge in [0.25, 0.3) is 0 Å². The summed E-state index contributed by atoms with van der Waals surface area (Å²) in [6, 6.07) is 0.580. The number of hydrogen-bond acceptors (Lipinski definition) is 7. The summed E-state index contributed by atoms with van der Waals surface area (Å²) >= 11 is 1.80. The number of aromatic nitrogens is 3. The summed E-state index contributed by atoms with van der Waals surface area (Å²) < 4.78 is 5.38. The molecule has 24 heavy (non-hydrogen) atoms. The maximum atomic E-state index is 5.38.